The summed E-state index contributed by atoms with van der Waals surface area (Å²) in [5.41, 5.74) is -0.0204. The highest BCUT2D eigenvalue weighted by atomic mass is 35.5. The van der Waals surface area contributed by atoms with Crippen LogP contribution in [0.2, 0.25) is 5.02 Å². The minimum atomic E-state index is -0.642. The third-order valence-electron chi connectivity index (χ3n) is 5.39. The summed E-state index contributed by atoms with van der Waals surface area (Å²) in [4.78, 5) is 40.8. The molecule has 0 N–H and O–H groups in total. The molecule has 0 radical (unpaired) electrons. The van der Waals surface area contributed by atoms with Gasteiger partial charge in [0.05, 0.1) is 29.7 Å². The Morgan fingerprint density at radius 1 is 1.38 bits per heavy atom. The van der Waals surface area contributed by atoms with Gasteiger partial charge in [-0.05, 0) is 38.8 Å². The molecule has 2 heterocycles. The van der Waals surface area contributed by atoms with E-state index in [2.05, 4.69) is 5.16 Å². The second-order valence-electron chi connectivity index (χ2n) is 7.65. The van der Waals surface area contributed by atoms with Crippen molar-refractivity contribution < 1.29 is 28.0 Å². The summed E-state index contributed by atoms with van der Waals surface area (Å²) in [5, 5.41) is 3.92. The molecule has 0 saturated carbocycles. The van der Waals surface area contributed by atoms with Crippen molar-refractivity contribution in [1.82, 2.24) is 15.0 Å². The number of likely N-dealkylation sites (tertiary alicyclic amines) is 1. The molecule has 0 spiro atoms. The number of ether oxygens (including phenoxy) is 1. The van der Waals surface area contributed by atoms with Gasteiger partial charge in [-0.3, -0.25) is 14.4 Å². The van der Waals surface area contributed by atoms with Crippen LogP contribution in [0.4, 0.5) is 4.39 Å². The number of hydrogen-bond acceptors (Lipinski definition) is 6. The molecule has 0 aliphatic carbocycles. The van der Waals surface area contributed by atoms with E-state index in [-0.39, 0.29) is 65.1 Å². The standard InChI is InChI=1S/C22H25ClFN3O5/c1-4-31-22(30)14-7-6-10-27(11-14)17(28)12-26(3)21(29)18-13(2)32-25-20(18)19-15(23)8-5-9-16(19)24/h5,8-9,14H,4,6-7,10-12H2,1-3H3. The maximum atomic E-state index is 14.4. The topological polar surface area (TPSA) is 93.0 Å². The molecule has 2 aromatic rings. The number of carbonyl (C=O) groups is 3. The lowest BCUT2D eigenvalue weighted by molar-refractivity contribution is -0.151. The molecule has 0 bridgehead atoms. The first-order valence-corrected chi connectivity index (χ1v) is 10.7. The summed E-state index contributed by atoms with van der Waals surface area (Å²) in [5.74, 6) is -2.00. The van der Waals surface area contributed by atoms with Gasteiger partial charge in [-0.25, -0.2) is 4.39 Å². The largest absolute Gasteiger partial charge is 0.466 e. The molecule has 1 saturated heterocycles. The Morgan fingerprint density at radius 2 is 2.12 bits per heavy atom. The minimum Gasteiger partial charge on any atom is -0.466 e. The van der Waals surface area contributed by atoms with Crippen LogP contribution in [0.1, 0.15) is 35.9 Å². The number of aromatic nitrogens is 1. The Bertz CT molecular complexity index is 1000. The molecule has 1 aliphatic heterocycles. The van der Waals surface area contributed by atoms with Gasteiger partial charge in [0.2, 0.25) is 5.91 Å². The molecule has 172 valence electrons. The number of amides is 2. The Balaban J connectivity index is 1.75. The zero-order valence-corrected chi connectivity index (χ0v) is 18.9. The molecule has 1 aliphatic rings. The molecular weight excluding hydrogens is 441 g/mol. The molecule has 1 atom stereocenters. The van der Waals surface area contributed by atoms with Crippen LogP contribution >= 0.6 is 11.6 Å². The summed E-state index contributed by atoms with van der Waals surface area (Å²) in [6.07, 6.45) is 1.33. The van der Waals surface area contributed by atoms with Gasteiger partial charge in [-0.15, -0.1) is 0 Å². The molecule has 3 rings (SSSR count). The van der Waals surface area contributed by atoms with Crippen molar-refractivity contribution in [3.63, 3.8) is 0 Å². The second-order valence-corrected chi connectivity index (χ2v) is 8.06. The summed E-state index contributed by atoms with van der Waals surface area (Å²) in [6.45, 7) is 4.08. The van der Waals surface area contributed by atoms with Crippen LogP contribution in [-0.4, -0.2) is 66.0 Å². The average Bonchev–Trinajstić information content (AvgIpc) is 3.14. The highest BCUT2D eigenvalue weighted by molar-refractivity contribution is 6.33. The highest BCUT2D eigenvalue weighted by Gasteiger charge is 2.32. The van der Waals surface area contributed by atoms with Gasteiger partial charge in [0.1, 0.15) is 22.8 Å². The van der Waals surface area contributed by atoms with E-state index in [4.69, 9.17) is 20.9 Å². The normalized spacial score (nSPS) is 16.0. The van der Waals surface area contributed by atoms with Gasteiger partial charge in [-0.1, -0.05) is 22.8 Å². The lowest BCUT2D eigenvalue weighted by Gasteiger charge is -2.32. The Kier molecular flexibility index (Phi) is 7.50. The fourth-order valence-electron chi connectivity index (χ4n) is 3.74. The van der Waals surface area contributed by atoms with E-state index in [1.807, 2.05) is 0 Å². The number of nitrogens with zero attached hydrogens (tertiary/aromatic N) is 3. The number of esters is 1. The SMILES string of the molecule is CCOC(=O)C1CCCN(C(=O)CN(C)C(=O)c2c(-c3c(F)cccc3Cl)noc2C)C1. The Morgan fingerprint density at radius 3 is 2.81 bits per heavy atom. The van der Waals surface area contributed by atoms with Gasteiger partial charge in [0, 0.05) is 20.1 Å². The van der Waals surface area contributed by atoms with Crippen molar-refractivity contribution in [2.24, 2.45) is 5.92 Å². The third kappa shape index (κ3) is 4.93. The number of aryl methyl sites for hydroxylation is 1. The number of piperidine rings is 1. The Labute approximate surface area is 190 Å². The molecule has 1 aromatic carbocycles. The van der Waals surface area contributed by atoms with E-state index < -0.39 is 11.7 Å². The van der Waals surface area contributed by atoms with E-state index in [0.717, 1.165) is 0 Å². The highest BCUT2D eigenvalue weighted by Crippen LogP contribution is 2.34. The lowest BCUT2D eigenvalue weighted by Crippen LogP contribution is -2.47. The number of halogens is 2. The van der Waals surface area contributed by atoms with E-state index >= 15 is 0 Å². The minimum absolute atomic E-state index is 0.0183. The molecule has 32 heavy (non-hydrogen) atoms. The van der Waals surface area contributed by atoms with Crippen LogP contribution in [0, 0.1) is 18.7 Å². The number of benzene rings is 1. The first kappa shape index (κ1) is 23.7. The fourth-order valence-corrected chi connectivity index (χ4v) is 3.99. The van der Waals surface area contributed by atoms with Crippen LogP contribution in [0.25, 0.3) is 11.3 Å². The van der Waals surface area contributed by atoms with Crippen LogP contribution in [-0.2, 0) is 14.3 Å². The molecular formula is C22H25ClFN3O5. The van der Waals surface area contributed by atoms with E-state index in [0.29, 0.717) is 19.4 Å². The summed E-state index contributed by atoms with van der Waals surface area (Å²) in [7, 11) is 1.46. The smallest absolute Gasteiger partial charge is 0.310 e. The fraction of sp³-hybridized carbons (Fsp3) is 0.455. The summed E-state index contributed by atoms with van der Waals surface area (Å²) < 4.78 is 24.6. The van der Waals surface area contributed by atoms with Crippen LogP contribution in [0.3, 0.4) is 0 Å². The third-order valence-corrected chi connectivity index (χ3v) is 5.70. The number of hydrogen-bond donors (Lipinski definition) is 0. The van der Waals surface area contributed by atoms with Crippen LogP contribution < -0.4 is 0 Å². The summed E-state index contributed by atoms with van der Waals surface area (Å²) >= 11 is 6.13. The van der Waals surface area contributed by atoms with Gasteiger partial charge in [-0.2, -0.15) is 0 Å². The molecule has 10 heteroatoms. The van der Waals surface area contributed by atoms with Gasteiger partial charge < -0.3 is 19.1 Å². The first-order chi connectivity index (χ1) is 15.2. The molecule has 8 nitrogen and oxygen atoms in total. The van der Waals surface area contributed by atoms with E-state index in [1.165, 1.54) is 37.1 Å². The van der Waals surface area contributed by atoms with Crippen molar-refractivity contribution in [2.45, 2.75) is 26.7 Å². The maximum absolute atomic E-state index is 14.4. The van der Waals surface area contributed by atoms with Crippen molar-refractivity contribution in [3.8, 4) is 11.3 Å². The van der Waals surface area contributed by atoms with Gasteiger partial charge >= 0.3 is 5.97 Å². The number of rotatable bonds is 6. The first-order valence-electron chi connectivity index (χ1n) is 10.3. The molecule has 2 amide bonds. The predicted octanol–water partition coefficient (Wildman–Crippen LogP) is 3.32. The quantitative estimate of drug-likeness (QED) is 0.607. The molecule has 1 fully saturated rings. The molecule has 1 unspecified atom stereocenters. The maximum Gasteiger partial charge on any atom is 0.310 e. The van der Waals surface area contributed by atoms with Crippen molar-refractivity contribution in [2.75, 3.05) is 33.3 Å². The summed E-state index contributed by atoms with van der Waals surface area (Å²) in [6, 6.07) is 4.15. The van der Waals surface area contributed by atoms with E-state index in [1.54, 1.807) is 11.8 Å². The predicted molar refractivity (Wildman–Crippen MR) is 115 cm³/mol. The number of carbonyl (C=O) groups excluding carboxylic acids is 3. The zero-order chi connectivity index (χ0) is 23.4. The monoisotopic (exact) mass is 465 g/mol. The van der Waals surface area contributed by atoms with Gasteiger partial charge in [0.15, 0.2) is 0 Å². The van der Waals surface area contributed by atoms with Crippen LogP contribution in [0.15, 0.2) is 22.7 Å². The van der Waals surface area contributed by atoms with Gasteiger partial charge in [0.25, 0.3) is 5.91 Å². The van der Waals surface area contributed by atoms with Crippen molar-refractivity contribution >= 4 is 29.4 Å². The number of likely N-dealkylation sites (N-methyl/N-ethyl adjacent to an activating group) is 1. The van der Waals surface area contributed by atoms with Crippen molar-refractivity contribution in [1.29, 1.82) is 0 Å². The Hall–Kier alpha value is -2.94. The average molecular weight is 466 g/mol. The molecule has 1 aromatic heterocycles. The van der Waals surface area contributed by atoms with E-state index in [9.17, 15) is 18.8 Å². The zero-order valence-electron chi connectivity index (χ0n) is 18.2. The van der Waals surface area contributed by atoms with Crippen molar-refractivity contribution in [3.05, 3.63) is 40.4 Å². The van der Waals surface area contributed by atoms with Crippen LogP contribution in [0.5, 0.6) is 0 Å². The second kappa shape index (κ2) is 10.1. The lowest BCUT2D eigenvalue weighted by atomic mass is 9.98.